The van der Waals surface area contributed by atoms with Gasteiger partial charge in [-0.1, -0.05) is 24.3 Å². The molecule has 0 fully saturated rings. The molecule has 0 radical (unpaired) electrons. The Balaban J connectivity index is 1.87. The minimum atomic E-state index is -0.0124. The summed E-state index contributed by atoms with van der Waals surface area (Å²) in [5.41, 5.74) is 2.25. The summed E-state index contributed by atoms with van der Waals surface area (Å²) in [6.07, 6.45) is 5.15. The molecule has 20 heavy (non-hydrogen) atoms. The Bertz CT molecular complexity index is 539. The molecular weight excluding hydrogens is 272 g/mol. The second-order valence-electron chi connectivity index (χ2n) is 4.51. The number of rotatable bonds is 6. The lowest BCUT2D eigenvalue weighted by Crippen LogP contribution is -2.30. The van der Waals surface area contributed by atoms with Gasteiger partial charge in [0.2, 0.25) is 5.91 Å². The molecule has 0 aliphatic rings. The number of nitrogens with one attached hydrogen (secondary N) is 1. The molecule has 1 aromatic carbocycles. The molecular formula is C14H18N4OS. The Hall–Kier alpha value is -1.82. The van der Waals surface area contributed by atoms with Gasteiger partial charge in [0.25, 0.3) is 0 Å². The lowest BCUT2D eigenvalue weighted by Gasteiger charge is -2.10. The van der Waals surface area contributed by atoms with Gasteiger partial charge in [0.1, 0.15) is 12.7 Å². The fraction of sp³-hybridized carbons (Fsp3) is 0.357. The SMILES string of the molecule is CS[C@@H](C)C(=O)NCc1ccc(Cn2cncn2)cc1. The highest BCUT2D eigenvalue weighted by molar-refractivity contribution is 7.99. The summed E-state index contributed by atoms with van der Waals surface area (Å²) >= 11 is 1.54. The number of thioether (sulfide) groups is 1. The third-order valence-electron chi connectivity index (χ3n) is 3.02. The van der Waals surface area contributed by atoms with Crippen LogP contribution in [0.3, 0.4) is 0 Å². The van der Waals surface area contributed by atoms with Gasteiger partial charge in [0.15, 0.2) is 0 Å². The van der Waals surface area contributed by atoms with E-state index >= 15 is 0 Å². The fourth-order valence-electron chi connectivity index (χ4n) is 1.70. The molecule has 1 N–H and O–H groups in total. The average molecular weight is 290 g/mol. The van der Waals surface area contributed by atoms with Gasteiger partial charge in [-0.05, 0) is 24.3 Å². The number of benzene rings is 1. The monoisotopic (exact) mass is 290 g/mol. The number of carbonyl (C=O) groups excluding carboxylic acids is 1. The Morgan fingerprint density at radius 3 is 2.65 bits per heavy atom. The quantitative estimate of drug-likeness (QED) is 0.879. The predicted molar refractivity (Wildman–Crippen MR) is 80.4 cm³/mol. The summed E-state index contributed by atoms with van der Waals surface area (Å²) in [5.74, 6) is 0.0733. The molecule has 2 aromatic rings. The van der Waals surface area contributed by atoms with Crippen LogP contribution in [0.4, 0.5) is 0 Å². The molecule has 0 saturated carbocycles. The molecule has 0 unspecified atom stereocenters. The second-order valence-corrected chi connectivity index (χ2v) is 5.68. The highest BCUT2D eigenvalue weighted by Crippen LogP contribution is 2.07. The summed E-state index contributed by atoms with van der Waals surface area (Å²) in [6, 6.07) is 8.13. The Kier molecular flexibility index (Phi) is 5.17. The van der Waals surface area contributed by atoms with Gasteiger partial charge in [0, 0.05) is 6.54 Å². The van der Waals surface area contributed by atoms with Crippen LogP contribution in [0, 0.1) is 0 Å². The Morgan fingerprint density at radius 1 is 1.35 bits per heavy atom. The first-order valence-electron chi connectivity index (χ1n) is 6.40. The molecule has 0 bridgehead atoms. The number of aromatic nitrogens is 3. The topological polar surface area (TPSA) is 59.8 Å². The summed E-state index contributed by atoms with van der Waals surface area (Å²) in [7, 11) is 0. The van der Waals surface area contributed by atoms with Crippen LogP contribution in [-0.2, 0) is 17.9 Å². The second kappa shape index (κ2) is 7.09. The molecule has 106 valence electrons. The fourth-order valence-corrected chi connectivity index (χ4v) is 2.00. The van der Waals surface area contributed by atoms with Crippen LogP contribution < -0.4 is 5.32 Å². The number of carbonyl (C=O) groups is 1. The van der Waals surface area contributed by atoms with Crippen LogP contribution in [-0.4, -0.2) is 32.2 Å². The molecule has 0 aliphatic heterocycles. The van der Waals surface area contributed by atoms with Crippen LogP contribution in [0.2, 0.25) is 0 Å². The summed E-state index contributed by atoms with van der Waals surface area (Å²) in [5, 5.41) is 6.98. The summed E-state index contributed by atoms with van der Waals surface area (Å²) in [6.45, 7) is 3.17. The van der Waals surface area contributed by atoms with Gasteiger partial charge in [-0.2, -0.15) is 16.9 Å². The zero-order chi connectivity index (χ0) is 14.4. The maximum absolute atomic E-state index is 11.7. The Labute approximate surface area is 122 Å². The van der Waals surface area contributed by atoms with E-state index in [1.165, 1.54) is 6.33 Å². The van der Waals surface area contributed by atoms with E-state index < -0.39 is 0 Å². The van der Waals surface area contributed by atoms with Crippen molar-refractivity contribution in [2.75, 3.05) is 6.26 Å². The van der Waals surface area contributed by atoms with E-state index in [9.17, 15) is 4.79 Å². The van der Waals surface area contributed by atoms with Gasteiger partial charge < -0.3 is 5.32 Å². The van der Waals surface area contributed by atoms with E-state index in [1.54, 1.807) is 22.8 Å². The lowest BCUT2D eigenvalue weighted by molar-refractivity contribution is -0.120. The lowest BCUT2D eigenvalue weighted by atomic mass is 10.1. The number of hydrogen-bond acceptors (Lipinski definition) is 4. The maximum atomic E-state index is 11.7. The van der Waals surface area contributed by atoms with Gasteiger partial charge in [-0.15, -0.1) is 0 Å². The normalized spacial score (nSPS) is 12.1. The molecule has 5 nitrogen and oxygen atoms in total. The van der Waals surface area contributed by atoms with Crippen molar-refractivity contribution in [3.8, 4) is 0 Å². The van der Waals surface area contributed by atoms with Crippen molar-refractivity contribution in [3.63, 3.8) is 0 Å². The van der Waals surface area contributed by atoms with E-state index in [1.807, 2.05) is 37.4 Å². The van der Waals surface area contributed by atoms with Crippen molar-refractivity contribution >= 4 is 17.7 Å². The zero-order valence-corrected chi connectivity index (χ0v) is 12.4. The predicted octanol–water partition coefficient (Wildman–Crippen LogP) is 1.69. The van der Waals surface area contributed by atoms with Crippen LogP contribution >= 0.6 is 11.8 Å². The third kappa shape index (κ3) is 4.09. The van der Waals surface area contributed by atoms with Crippen molar-refractivity contribution in [3.05, 3.63) is 48.0 Å². The van der Waals surface area contributed by atoms with Crippen molar-refractivity contribution < 1.29 is 4.79 Å². The molecule has 1 atom stereocenters. The van der Waals surface area contributed by atoms with E-state index in [0.717, 1.165) is 11.1 Å². The van der Waals surface area contributed by atoms with E-state index in [2.05, 4.69) is 15.4 Å². The molecule has 2 rings (SSSR count). The van der Waals surface area contributed by atoms with Crippen molar-refractivity contribution in [2.24, 2.45) is 0 Å². The minimum Gasteiger partial charge on any atom is -0.351 e. The van der Waals surface area contributed by atoms with Crippen LogP contribution in [0.15, 0.2) is 36.9 Å². The third-order valence-corrected chi connectivity index (χ3v) is 3.94. The van der Waals surface area contributed by atoms with Crippen LogP contribution in [0.5, 0.6) is 0 Å². The van der Waals surface area contributed by atoms with E-state index in [0.29, 0.717) is 13.1 Å². The first-order valence-corrected chi connectivity index (χ1v) is 7.68. The molecule has 6 heteroatoms. The van der Waals surface area contributed by atoms with Gasteiger partial charge in [-0.25, -0.2) is 9.67 Å². The van der Waals surface area contributed by atoms with Gasteiger partial charge >= 0.3 is 0 Å². The van der Waals surface area contributed by atoms with E-state index in [-0.39, 0.29) is 11.2 Å². The van der Waals surface area contributed by atoms with Crippen LogP contribution in [0.1, 0.15) is 18.1 Å². The summed E-state index contributed by atoms with van der Waals surface area (Å²) < 4.78 is 1.77. The molecule has 1 amide bonds. The summed E-state index contributed by atoms with van der Waals surface area (Å²) in [4.78, 5) is 15.6. The first kappa shape index (κ1) is 14.6. The standard InChI is InChI=1S/C14H18N4OS/c1-11(20-2)14(19)16-7-12-3-5-13(6-4-12)8-18-10-15-9-17-18/h3-6,9-11H,7-8H2,1-2H3,(H,16,19)/t11-/m0/s1. The van der Waals surface area contributed by atoms with Crippen molar-refractivity contribution in [1.29, 1.82) is 0 Å². The molecule has 1 aromatic heterocycles. The van der Waals surface area contributed by atoms with Gasteiger partial charge in [-0.3, -0.25) is 4.79 Å². The maximum Gasteiger partial charge on any atom is 0.233 e. The molecule has 0 spiro atoms. The molecule has 1 heterocycles. The molecule has 0 saturated heterocycles. The zero-order valence-electron chi connectivity index (χ0n) is 11.6. The first-order chi connectivity index (χ1) is 9.69. The average Bonchev–Trinajstić information content (AvgIpc) is 2.98. The number of amides is 1. The Morgan fingerprint density at radius 2 is 2.05 bits per heavy atom. The van der Waals surface area contributed by atoms with E-state index in [4.69, 9.17) is 0 Å². The highest BCUT2D eigenvalue weighted by atomic mass is 32.2. The highest BCUT2D eigenvalue weighted by Gasteiger charge is 2.09. The largest absolute Gasteiger partial charge is 0.351 e. The number of nitrogens with zero attached hydrogens (tertiary/aromatic N) is 3. The smallest absolute Gasteiger partial charge is 0.233 e. The molecule has 0 aliphatic carbocycles. The number of hydrogen-bond donors (Lipinski definition) is 1. The van der Waals surface area contributed by atoms with Gasteiger partial charge in [0.05, 0.1) is 11.8 Å². The van der Waals surface area contributed by atoms with Crippen molar-refractivity contribution in [1.82, 2.24) is 20.1 Å². The van der Waals surface area contributed by atoms with Crippen LogP contribution in [0.25, 0.3) is 0 Å². The van der Waals surface area contributed by atoms with Crippen molar-refractivity contribution in [2.45, 2.75) is 25.3 Å². The minimum absolute atomic E-state index is 0.0124.